The molecule has 0 fully saturated rings. The van der Waals surface area contributed by atoms with Crippen LogP contribution < -0.4 is 10.5 Å². The van der Waals surface area contributed by atoms with E-state index in [1.54, 1.807) is 7.11 Å². The number of halogens is 1. The van der Waals surface area contributed by atoms with Crippen molar-refractivity contribution in [3.8, 4) is 5.75 Å². The fraction of sp³-hybridized carbons (Fsp3) is 0.333. The molecular formula is C18H22ClNO. The number of aryl methyl sites for hydroxylation is 1. The molecule has 0 amide bonds. The molecule has 3 heteroatoms. The zero-order chi connectivity index (χ0) is 15.2. The van der Waals surface area contributed by atoms with E-state index >= 15 is 0 Å². The minimum Gasteiger partial charge on any atom is -0.496 e. The van der Waals surface area contributed by atoms with Crippen molar-refractivity contribution < 1.29 is 4.74 Å². The molecule has 1 unspecified atom stereocenters. The van der Waals surface area contributed by atoms with Crippen molar-refractivity contribution in [2.75, 3.05) is 13.7 Å². The number of hydrogen-bond acceptors (Lipinski definition) is 2. The van der Waals surface area contributed by atoms with Crippen molar-refractivity contribution in [2.45, 2.75) is 25.7 Å². The van der Waals surface area contributed by atoms with Gasteiger partial charge < -0.3 is 10.5 Å². The molecule has 0 spiro atoms. The molecule has 0 radical (unpaired) electrons. The van der Waals surface area contributed by atoms with Gasteiger partial charge in [-0.25, -0.2) is 0 Å². The molecule has 2 N–H and O–H groups in total. The van der Waals surface area contributed by atoms with Gasteiger partial charge in [-0.2, -0.15) is 0 Å². The first kappa shape index (κ1) is 15.9. The van der Waals surface area contributed by atoms with Crippen molar-refractivity contribution in [1.82, 2.24) is 0 Å². The van der Waals surface area contributed by atoms with Crippen LogP contribution in [0.15, 0.2) is 42.5 Å². The molecule has 0 aliphatic rings. The Labute approximate surface area is 131 Å². The second-order valence-corrected chi connectivity index (χ2v) is 5.63. The van der Waals surface area contributed by atoms with Crippen LogP contribution in [0, 0.1) is 0 Å². The lowest BCUT2D eigenvalue weighted by Crippen LogP contribution is -2.15. The molecule has 0 saturated heterocycles. The third-order valence-electron chi connectivity index (χ3n) is 3.82. The number of nitrogens with two attached hydrogens (primary N) is 1. The maximum absolute atomic E-state index is 6.09. The molecule has 21 heavy (non-hydrogen) atoms. The van der Waals surface area contributed by atoms with Crippen LogP contribution in [-0.4, -0.2) is 13.7 Å². The van der Waals surface area contributed by atoms with Crippen molar-refractivity contribution >= 4 is 11.6 Å². The third-order valence-corrected chi connectivity index (χ3v) is 4.06. The number of methoxy groups -OCH3 is 1. The van der Waals surface area contributed by atoms with Gasteiger partial charge in [0.1, 0.15) is 5.75 Å². The minimum atomic E-state index is 0.240. The van der Waals surface area contributed by atoms with E-state index in [0.29, 0.717) is 6.54 Å². The van der Waals surface area contributed by atoms with E-state index in [2.05, 4.69) is 25.1 Å². The molecule has 0 aromatic heterocycles. The molecule has 0 saturated carbocycles. The Hall–Kier alpha value is -1.51. The van der Waals surface area contributed by atoms with E-state index in [0.717, 1.165) is 23.6 Å². The van der Waals surface area contributed by atoms with Gasteiger partial charge in [0.2, 0.25) is 0 Å². The molecule has 1 atom stereocenters. The Kier molecular flexibility index (Phi) is 5.66. The molecule has 2 rings (SSSR count). The Bertz CT molecular complexity index is 598. The molecule has 0 aliphatic heterocycles. The zero-order valence-corrected chi connectivity index (χ0v) is 13.4. The number of benzene rings is 2. The van der Waals surface area contributed by atoms with Gasteiger partial charge in [-0.1, -0.05) is 42.8 Å². The molecule has 0 bridgehead atoms. The highest BCUT2D eigenvalue weighted by molar-refractivity contribution is 6.30. The quantitative estimate of drug-likeness (QED) is 0.868. The third kappa shape index (κ3) is 3.99. The van der Waals surface area contributed by atoms with Gasteiger partial charge >= 0.3 is 0 Å². The summed E-state index contributed by atoms with van der Waals surface area (Å²) in [7, 11) is 1.71. The first-order valence-corrected chi connectivity index (χ1v) is 7.67. The van der Waals surface area contributed by atoms with Crippen LogP contribution in [0.1, 0.15) is 29.5 Å². The van der Waals surface area contributed by atoms with Gasteiger partial charge in [0.25, 0.3) is 0 Å². The smallest absolute Gasteiger partial charge is 0.122 e. The monoisotopic (exact) mass is 303 g/mol. The zero-order valence-electron chi connectivity index (χ0n) is 12.6. The first-order chi connectivity index (χ1) is 10.2. The van der Waals surface area contributed by atoms with Crippen LogP contribution in [0.4, 0.5) is 0 Å². The summed E-state index contributed by atoms with van der Waals surface area (Å²) in [5, 5.41) is 0.750. The average molecular weight is 304 g/mol. The van der Waals surface area contributed by atoms with Crippen molar-refractivity contribution in [3.05, 3.63) is 64.2 Å². The van der Waals surface area contributed by atoms with Gasteiger partial charge in [-0.05, 0) is 54.3 Å². The predicted molar refractivity (Wildman–Crippen MR) is 89.3 cm³/mol. The normalized spacial score (nSPS) is 12.2. The van der Waals surface area contributed by atoms with Gasteiger partial charge in [-0.3, -0.25) is 0 Å². The summed E-state index contributed by atoms with van der Waals surface area (Å²) in [6, 6.07) is 14.3. The summed E-state index contributed by atoms with van der Waals surface area (Å²) in [6.45, 7) is 2.74. The number of ether oxygens (including phenoxy) is 1. The van der Waals surface area contributed by atoms with E-state index in [1.807, 2.05) is 24.3 Å². The van der Waals surface area contributed by atoms with Crippen LogP contribution >= 0.6 is 11.6 Å². The fourth-order valence-electron chi connectivity index (χ4n) is 2.57. The molecule has 112 valence electrons. The standard InChI is InChI=1S/C18H22ClNO/c1-3-13-7-8-18(21-2)15(9-13)10-16(12-20)14-5-4-6-17(19)11-14/h4-9,11,16H,3,10,12,20H2,1-2H3. The second kappa shape index (κ2) is 7.48. The Morgan fingerprint density at radius 1 is 1.19 bits per heavy atom. The van der Waals surface area contributed by atoms with Gasteiger partial charge in [-0.15, -0.1) is 0 Å². The molecule has 2 nitrogen and oxygen atoms in total. The number of hydrogen-bond donors (Lipinski definition) is 1. The topological polar surface area (TPSA) is 35.2 Å². The molecule has 2 aromatic carbocycles. The van der Waals surface area contributed by atoms with Crippen molar-refractivity contribution in [2.24, 2.45) is 5.73 Å². The molecule has 2 aromatic rings. The van der Waals surface area contributed by atoms with Crippen LogP contribution in [0.3, 0.4) is 0 Å². The van der Waals surface area contributed by atoms with E-state index < -0.39 is 0 Å². The van der Waals surface area contributed by atoms with Crippen molar-refractivity contribution in [3.63, 3.8) is 0 Å². The predicted octanol–water partition coefficient (Wildman–Crippen LogP) is 4.20. The Morgan fingerprint density at radius 3 is 2.62 bits per heavy atom. The summed E-state index contributed by atoms with van der Waals surface area (Å²) < 4.78 is 5.48. The molecular weight excluding hydrogens is 282 g/mol. The van der Waals surface area contributed by atoms with E-state index in [1.165, 1.54) is 16.7 Å². The highest BCUT2D eigenvalue weighted by atomic mass is 35.5. The molecule has 0 aliphatic carbocycles. The van der Waals surface area contributed by atoms with E-state index in [9.17, 15) is 0 Å². The molecule has 0 heterocycles. The summed E-state index contributed by atoms with van der Waals surface area (Å²) in [5.41, 5.74) is 9.67. The Balaban J connectivity index is 2.29. The van der Waals surface area contributed by atoms with Crippen LogP contribution in [0.25, 0.3) is 0 Å². The summed E-state index contributed by atoms with van der Waals surface area (Å²) in [6.07, 6.45) is 1.87. The lowest BCUT2D eigenvalue weighted by Gasteiger charge is -2.18. The van der Waals surface area contributed by atoms with Gasteiger partial charge in [0, 0.05) is 10.9 Å². The average Bonchev–Trinajstić information content (AvgIpc) is 2.52. The van der Waals surface area contributed by atoms with E-state index in [4.69, 9.17) is 22.1 Å². The van der Waals surface area contributed by atoms with Crippen molar-refractivity contribution in [1.29, 1.82) is 0 Å². The lowest BCUT2D eigenvalue weighted by atomic mass is 9.91. The van der Waals surface area contributed by atoms with E-state index in [-0.39, 0.29) is 5.92 Å². The highest BCUT2D eigenvalue weighted by Gasteiger charge is 2.14. The summed E-state index contributed by atoms with van der Waals surface area (Å²) >= 11 is 6.09. The summed E-state index contributed by atoms with van der Waals surface area (Å²) in [4.78, 5) is 0. The minimum absolute atomic E-state index is 0.240. The maximum Gasteiger partial charge on any atom is 0.122 e. The fourth-order valence-corrected chi connectivity index (χ4v) is 2.77. The SMILES string of the molecule is CCc1ccc(OC)c(CC(CN)c2cccc(Cl)c2)c1. The van der Waals surface area contributed by atoms with Gasteiger partial charge in [0.05, 0.1) is 7.11 Å². The Morgan fingerprint density at radius 2 is 2.00 bits per heavy atom. The summed E-state index contributed by atoms with van der Waals surface area (Å²) in [5.74, 6) is 1.16. The maximum atomic E-state index is 6.09. The van der Waals surface area contributed by atoms with Crippen LogP contribution in [-0.2, 0) is 12.8 Å². The largest absolute Gasteiger partial charge is 0.496 e. The lowest BCUT2D eigenvalue weighted by molar-refractivity contribution is 0.408. The number of rotatable bonds is 6. The second-order valence-electron chi connectivity index (χ2n) is 5.19. The first-order valence-electron chi connectivity index (χ1n) is 7.29. The van der Waals surface area contributed by atoms with Gasteiger partial charge in [0.15, 0.2) is 0 Å². The van der Waals surface area contributed by atoms with Crippen LogP contribution in [0.5, 0.6) is 5.75 Å². The van der Waals surface area contributed by atoms with Crippen LogP contribution in [0.2, 0.25) is 5.02 Å². The highest BCUT2D eigenvalue weighted by Crippen LogP contribution is 2.28.